The molecular weight excluding hydrogens is 161 g/mol. The Labute approximate surface area is 80.6 Å². The van der Waals surface area contributed by atoms with E-state index in [0.717, 1.165) is 0 Å². The van der Waals surface area contributed by atoms with E-state index in [2.05, 4.69) is 0 Å². The van der Waals surface area contributed by atoms with E-state index in [1.54, 1.807) is 0 Å². The summed E-state index contributed by atoms with van der Waals surface area (Å²) in [6, 6.07) is 0. The van der Waals surface area contributed by atoms with Crippen LogP contribution >= 0.6 is 0 Å². The Bertz CT molecular complexity index is 95.6. The van der Waals surface area contributed by atoms with Gasteiger partial charge in [0.2, 0.25) is 0 Å². The van der Waals surface area contributed by atoms with Crippen molar-refractivity contribution in [1.29, 1.82) is 0 Å². The van der Waals surface area contributed by atoms with E-state index in [-0.39, 0.29) is 53.3 Å². The van der Waals surface area contributed by atoms with Crippen molar-refractivity contribution in [3.05, 3.63) is 0 Å². The molecule has 0 aromatic heterocycles. The van der Waals surface area contributed by atoms with Gasteiger partial charge >= 0.3 is 58.3 Å². The van der Waals surface area contributed by atoms with Gasteiger partial charge in [0.25, 0.3) is 0 Å². The van der Waals surface area contributed by atoms with Crippen LogP contribution in [0.4, 0.5) is 0 Å². The van der Waals surface area contributed by atoms with Crippen LogP contribution in [0.25, 0.3) is 0 Å². The van der Waals surface area contributed by atoms with E-state index in [4.69, 9.17) is 17.5 Å². The third kappa shape index (κ3) is 179. The summed E-state index contributed by atoms with van der Waals surface area (Å²) in [6.45, 7) is 0. The van der Waals surface area contributed by atoms with E-state index in [1.807, 2.05) is 0 Å². The molecule has 0 bridgehead atoms. The Morgan fingerprint density at radius 2 is 1.12 bits per heavy atom. The van der Waals surface area contributed by atoms with E-state index in [9.17, 15) is 0 Å². The number of rotatable bonds is 0. The maximum absolute atomic E-state index is 8.74. The normalized spacial score (nSPS) is 7.25. The molecule has 0 aromatic rings. The summed E-state index contributed by atoms with van der Waals surface area (Å²) in [4.78, 5) is 0. The van der Waals surface area contributed by atoms with Crippen LogP contribution in [-0.4, -0.2) is 70.9 Å². The molecule has 0 aliphatic rings. The van der Waals surface area contributed by atoms with Crippen LogP contribution in [0, 0.1) is 0 Å². The van der Waals surface area contributed by atoms with Crippen LogP contribution in [-0.2, 0) is 10.4 Å². The van der Waals surface area contributed by atoms with Gasteiger partial charge in [0.1, 0.15) is 0 Å². The molecule has 0 heterocycles. The monoisotopic (exact) mass is 169 g/mol. The zero-order valence-electron chi connectivity index (χ0n) is 2.62. The number of hydrogen-bond acceptors (Lipinski definition) is 2. The summed E-state index contributed by atoms with van der Waals surface area (Å²) < 4.78 is 31.6. The summed E-state index contributed by atoms with van der Waals surface area (Å²) in [6.07, 6.45) is 0. The van der Waals surface area contributed by atoms with Gasteiger partial charge in [-0.05, 0) is 0 Å². The fourth-order valence-corrected chi connectivity index (χ4v) is 0. The van der Waals surface area contributed by atoms with Gasteiger partial charge in [0, 0.05) is 0 Å². The van der Waals surface area contributed by atoms with Crippen LogP contribution in [0.3, 0.4) is 0 Å². The van der Waals surface area contributed by atoms with Crippen molar-refractivity contribution >= 4 is 58.3 Å². The molecule has 0 spiro atoms. The average molecular weight is 169 g/mol. The van der Waals surface area contributed by atoms with Crippen molar-refractivity contribution < 1.29 is 23.0 Å². The van der Waals surface area contributed by atoms with Crippen LogP contribution in [0.5, 0.6) is 0 Å². The molecule has 0 saturated heterocycles. The first-order valence-electron chi connectivity index (χ1n) is 0.698. The molecule has 0 atom stereocenters. The Hall–Kier alpha value is 1.26. The van der Waals surface area contributed by atoms with Gasteiger partial charge in [-0.25, -0.2) is 0 Å². The van der Waals surface area contributed by atoms with Gasteiger partial charge in [0.05, 0.1) is 0 Å². The minimum absolute atomic E-state index is 0. The van der Waals surface area contributed by atoms with E-state index in [1.165, 1.54) is 0 Å². The third-order valence-corrected chi connectivity index (χ3v) is 0. The second-order valence-electron chi connectivity index (χ2n) is 0.448. The van der Waals surface area contributed by atoms with Gasteiger partial charge in [-0.15, -0.1) is 0 Å². The molecule has 0 radical (unpaired) electrons. The van der Waals surface area contributed by atoms with Crippen molar-refractivity contribution in [3.8, 4) is 0 Å². The van der Waals surface area contributed by atoms with E-state index >= 15 is 0 Å². The van der Waals surface area contributed by atoms with Gasteiger partial charge in [-0.3, -0.25) is 9.11 Å². The first-order valence-corrected chi connectivity index (χ1v) is 2.10. The molecule has 0 unspecified atom stereocenters. The fourth-order valence-electron chi connectivity index (χ4n) is 0. The van der Waals surface area contributed by atoms with E-state index in [0.29, 0.717) is 0 Å². The Balaban J connectivity index is -0.0000000267. The molecule has 5 nitrogen and oxygen atoms in total. The molecule has 0 aliphatic heterocycles. The van der Waals surface area contributed by atoms with Crippen molar-refractivity contribution in [2.24, 2.45) is 0 Å². The second kappa shape index (κ2) is 8.26. The maximum atomic E-state index is 8.74. The van der Waals surface area contributed by atoms with E-state index < -0.39 is 10.4 Å². The molecule has 0 fully saturated rings. The van der Waals surface area contributed by atoms with Gasteiger partial charge in [0.15, 0.2) is 0 Å². The van der Waals surface area contributed by atoms with Crippen LogP contribution in [0.1, 0.15) is 0 Å². The van der Waals surface area contributed by atoms with Crippen molar-refractivity contribution in [2.45, 2.75) is 0 Å². The van der Waals surface area contributed by atoms with Gasteiger partial charge < -0.3 is 5.48 Å². The molecule has 4 N–H and O–H groups in total. The third-order valence-electron chi connectivity index (χ3n) is 0. The molecule has 0 amide bonds. The molecule has 8 heavy (non-hydrogen) atoms. The zero-order chi connectivity index (χ0) is 4.50. The van der Waals surface area contributed by atoms with Crippen molar-refractivity contribution in [1.82, 2.24) is 0 Å². The summed E-state index contributed by atoms with van der Waals surface area (Å²) in [5.74, 6) is 0. The average Bonchev–Trinajstić information content (AvgIpc) is 0.722. The quantitative estimate of drug-likeness (QED) is 0.292. The zero-order valence-corrected chi connectivity index (χ0v) is 3.44. The van der Waals surface area contributed by atoms with Crippen LogP contribution < -0.4 is 0 Å². The predicted octanol–water partition coefficient (Wildman–Crippen LogP) is -3.31. The van der Waals surface area contributed by atoms with Crippen molar-refractivity contribution in [3.63, 3.8) is 0 Å². The first-order chi connectivity index (χ1) is 2.00. The summed E-state index contributed by atoms with van der Waals surface area (Å²) in [5.41, 5.74) is 0. The van der Waals surface area contributed by atoms with Gasteiger partial charge in [-0.2, -0.15) is 8.42 Å². The Morgan fingerprint density at radius 1 is 1.12 bits per heavy atom. The van der Waals surface area contributed by atoms with Gasteiger partial charge in [-0.1, -0.05) is 0 Å². The Morgan fingerprint density at radius 3 is 1.12 bits per heavy atom. The van der Waals surface area contributed by atoms with Crippen LogP contribution in [0.2, 0.25) is 0 Å². The molecule has 8 heteroatoms. The second-order valence-corrected chi connectivity index (χ2v) is 1.34. The fraction of sp³-hybridized carbons (Fsp3) is 0. The standard InChI is InChI=1S/Be.Ca.H2O4S.H2O.4H/c;;1-5(2,3)4;;;;;/h;;(H2,1,2,3,4);1H2;;;;. The first kappa shape index (κ1) is 22.8. The minimum atomic E-state index is -4.67. The molecule has 0 aliphatic carbocycles. The summed E-state index contributed by atoms with van der Waals surface area (Å²) >= 11 is 0. The summed E-state index contributed by atoms with van der Waals surface area (Å²) in [7, 11) is -4.67. The molecule has 0 aromatic carbocycles. The molecule has 0 rings (SSSR count). The topological polar surface area (TPSA) is 106 Å². The molecule has 48 valence electrons. The molecular formula is H8BeCaO5S. The summed E-state index contributed by atoms with van der Waals surface area (Å²) in [5, 5.41) is 0. The molecule has 0 saturated carbocycles. The van der Waals surface area contributed by atoms with Crippen LogP contribution in [0.15, 0.2) is 0 Å². The SMILES string of the molecule is O.O=S(=O)(O)O.[BeH2].[CaH2]. The van der Waals surface area contributed by atoms with Crippen molar-refractivity contribution in [2.75, 3.05) is 0 Å². The predicted molar refractivity (Wildman–Crippen MR) is 34.9 cm³/mol. The number of hydrogen-bond donors (Lipinski definition) is 2. The Kier molecular flexibility index (Phi) is 23.6.